The minimum Gasteiger partial charge on any atom is -0.330 e. The first-order chi connectivity index (χ1) is 8.31. The van der Waals surface area contributed by atoms with Gasteiger partial charge in [-0.2, -0.15) is 0 Å². The quantitative estimate of drug-likeness (QED) is 0.865. The van der Waals surface area contributed by atoms with Crippen molar-refractivity contribution in [2.75, 3.05) is 19.6 Å². The standard InChI is InChI=1S/C15H24N2/c1-13(17-11-3-2-4-12-17)15-7-5-14(6-8-15)9-10-16/h5-8,13H,2-4,9-12,16H2,1H3. The number of hydrogen-bond acceptors (Lipinski definition) is 2. The second-order valence-electron chi connectivity index (χ2n) is 5.05. The molecule has 1 aromatic rings. The Labute approximate surface area is 105 Å². The van der Waals surface area contributed by atoms with E-state index in [2.05, 4.69) is 36.1 Å². The summed E-state index contributed by atoms with van der Waals surface area (Å²) in [4.78, 5) is 2.60. The molecule has 0 bridgehead atoms. The predicted molar refractivity (Wildman–Crippen MR) is 73.0 cm³/mol. The van der Waals surface area contributed by atoms with E-state index >= 15 is 0 Å². The van der Waals surface area contributed by atoms with Gasteiger partial charge in [0.1, 0.15) is 0 Å². The van der Waals surface area contributed by atoms with E-state index in [0.717, 1.165) is 13.0 Å². The van der Waals surface area contributed by atoms with Gasteiger partial charge in [-0.1, -0.05) is 30.7 Å². The second kappa shape index (κ2) is 6.18. The molecule has 1 heterocycles. The van der Waals surface area contributed by atoms with Crippen molar-refractivity contribution in [3.05, 3.63) is 35.4 Å². The van der Waals surface area contributed by atoms with Crippen molar-refractivity contribution in [3.8, 4) is 0 Å². The van der Waals surface area contributed by atoms with Gasteiger partial charge in [0.25, 0.3) is 0 Å². The highest BCUT2D eigenvalue weighted by molar-refractivity contribution is 5.25. The molecule has 2 rings (SSSR count). The number of hydrogen-bond donors (Lipinski definition) is 1. The van der Waals surface area contributed by atoms with E-state index < -0.39 is 0 Å². The third-order valence-electron chi connectivity index (χ3n) is 3.83. The van der Waals surface area contributed by atoms with Crippen LogP contribution in [-0.4, -0.2) is 24.5 Å². The molecule has 1 aliphatic heterocycles. The molecule has 1 aliphatic rings. The Balaban J connectivity index is 2.00. The first kappa shape index (κ1) is 12.6. The molecular weight excluding hydrogens is 208 g/mol. The highest BCUT2D eigenvalue weighted by Crippen LogP contribution is 2.24. The zero-order valence-electron chi connectivity index (χ0n) is 10.9. The summed E-state index contributed by atoms with van der Waals surface area (Å²) < 4.78 is 0. The molecule has 0 aliphatic carbocycles. The number of nitrogens with zero attached hydrogens (tertiary/aromatic N) is 1. The molecule has 2 nitrogen and oxygen atoms in total. The summed E-state index contributed by atoms with van der Waals surface area (Å²) in [6.45, 7) is 5.57. The first-order valence-electron chi connectivity index (χ1n) is 6.84. The highest BCUT2D eigenvalue weighted by atomic mass is 15.2. The lowest BCUT2D eigenvalue weighted by Crippen LogP contribution is -2.32. The third kappa shape index (κ3) is 3.30. The molecule has 0 amide bonds. The van der Waals surface area contributed by atoms with Gasteiger partial charge in [0.05, 0.1) is 0 Å². The van der Waals surface area contributed by atoms with Crippen molar-refractivity contribution in [1.82, 2.24) is 4.90 Å². The molecule has 2 heteroatoms. The van der Waals surface area contributed by atoms with E-state index in [1.165, 1.54) is 43.5 Å². The topological polar surface area (TPSA) is 29.3 Å². The summed E-state index contributed by atoms with van der Waals surface area (Å²) >= 11 is 0. The largest absolute Gasteiger partial charge is 0.330 e. The molecular formula is C15H24N2. The van der Waals surface area contributed by atoms with Gasteiger partial charge < -0.3 is 5.73 Å². The van der Waals surface area contributed by atoms with Crippen molar-refractivity contribution in [2.45, 2.75) is 38.6 Å². The Morgan fingerprint density at radius 2 is 1.76 bits per heavy atom. The van der Waals surface area contributed by atoms with E-state index in [1.54, 1.807) is 0 Å². The Bertz CT molecular complexity index is 325. The van der Waals surface area contributed by atoms with Gasteiger partial charge in [-0.15, -0.1) is 0 Å². The number of benzene rings is 1. The minimum atomic E-state index is 0.558. The molecule has 0 saturated carbocycles. The normalized spacial score (nSPS) is 19.2. The molecule has 0 radical (unpaired) electrons. The van der Waals surface area contributed by atoms with Crippen LogP contribution in [0, 0.1) is 0 Å². The van der Waals surface area contributed by atoms with Crippen LogP contribution >= 0.6 is 0 Å². The lowest BCUT2D eigenvalue weighted by Gasteiger charge is -2.32. The van der Waals surface area contributed by atoms with Crippen LogP contribution in [0.2, 0.25) is 0 Å². The molecule has 17 heavy (non-hydrogen) atoms. The average molecular weight is 232 g/mol. The van der Waals surface area contributed by atoms with Crippen LogP contribution < -0.4 is 5.73 Å². The van der Waals surface area contributed by atoms with Gasteiger partial charge in [0, 0.05) is 6.04 Å². The maximum Gasteiger partial charge on any atom is 0.0319 e. The summed E-state index contributed by atoms with van der Waals surface area (Å²) in [6, 6.07) is 9.54. The van der Waals surface area contributed by atoms with Gasteiger partial charge in [-0.05, 0) is 56.9 Å². The third-order valence-corrected chi connectivity index (χ3v) is 3.83. The Morgan fingerprint density at radius 1 is 1.12 bits per heavy atom. The second-order valence-corrected chi connectivity index (χ2v) is 5.05. The maximum absolute atomic E-state index is 5.57. The summed E-state index contributed by atoms with van der Waals surface area (Å²) in [5.74, 6) is 0. The van der Waals surface area contributed by atoms with Gasteiger partial charge in [0.15, 0.2) is 0 Å². The van der Waals surface area contributed by atoms with Crippen molar-refractivity contribution in [2.24, 2.45) is 5.73 Å². The fourth-order valence-electron chi connectivity index (χ4n) is 2.65. The summed E-state index contributed by atoms with van der Waals surface area (Å²) in [5.41, 5.74) is 8.35. The smallest absolute Gasteiger partial charge is 0.0319 e. The molecule has 0 aromatic heterocycles. The van der Waals surface area contributed by atoms with Gasteiger partial charge in [0.2, 0.25) is 0 Å². The zero-order chi connectivity index (χ0) is 12.1. The highest BCUT2D eigenvalue weighted by Gasteiger charge is 2.17. The van der Waals surface area contributed by atoms with Crippen molar-refractivity contribution >= 4 is 0 Å². The van der Waals surface area contributed by atoms with Crippen LogP contribution in [0.25, 0.3) is 0 Å². The lowest BCUT2D eigenvalue weighted by atomic mass is 10.0. The molecule has 94 valence electrons. The molecule has 1 atom stereocenters. The first-order valence-corrected chi connectivity index (χ1v) is 6.84. The van der Waals surface area contributed by atoms with Crippen LogP contribution in [-0.2, 0) is 6.42 Å². The molecule has 0 spiro atoms. The molecule has 1 aromatic carbocycles. The van der Waals surface area contributed by atoms with Crippen molar-refractivity contribution < 1.29 is 0 Å². The SMILES string of the molecule is CC(c1ccc(CCN)cc1)N1CCCCC1. The predicted octanol–water partition coefficient (Wildman–Crippen LogP) is 2.73. The number of nitrogens with two attached hydrogens (primary N) is 1. The molecule has 1 fully saturated rings. The van der Waals surface area contributed by atoms with Crippen LogP contribution in [0.4, 0.5) is 0 Å². The maximum atomic E-state index is 5.57. The number of likely N-dealkylation sites (tertiary alicyclic amines) is 1. The Hall–Kier alpha value is -0.860. The summed E-state index contributed by atoms with van der Waals surface area (Å²) in [6.07, 6.45) is 5.10. The van der Waals surface area contributed by atoms with Gasteiger partial charge >= 0.3 is 0 Å². The van der Waals surface area contributed by atoms with E-state index in [0.29, 0.717) is 6.04 Å². The fraction of sp³-hybridized carbons (Fsp3) is 0.600. The van der Waals surface area contributed by atoms with E-state index in [4.69, 9.17) is 5.73 Å². The van der Waals surface area contributed by atoms with Gasteiger partial charge in [-0.3, -0.25) is 4.90 Å². The van der Waals surface area contributed by atoms with E-state index in [-0.39, 0.29) is 0 Å². The minimum absolute atomic E-state index is 0.558. The van der Waals surface area contributed by atoms with Crippen LogP contribution in [0.1, 0.15) is 43.4 Å². The summed E-state index contributed by atoms with van der Waals surface area (Å²) in [5, 5.41) is 0. The fourth-order valence-corrected chi connectivity index (χ4v) is 2.65. The van der Waals surface area contributed by atoms with Crippen LogP contribution in [0.15, 0.2) is 24.3 Å². The molecule has 1 unspecified atom stereocenters. The Kier molecular flexibility index (Phi) is 4.57. The zero-order valence-corrected chi connectivity index (χ0v) is 10.9. The molecule has 1 saturated heterocycles. The van der Waals surface area contributed by atoms with E-state index in [9.17, 15) is 0 Å². The van der Waals surface area contributed by atoms with Gasteiger partial charge in [-0.25, -0.2) is 0 Å². The van der Waals surface area contributed by atoms with E-state index in [1.807, 2.05) is 0 Å². The number of piperidine rings is 1. The Morgan fingerprint density at radius 3 is 2.35 bits per heavy atom. The lowest BCUT2D eigenvalue weighted by molar-refractivity contribution is 0.175. The average Bonchev–Trinajstić information content (AvgIpc) is 2.40. The monoisotopic (exact) mass is 232 g/mol. The van der Waals surface area contributed by atoms with Crippen molar-refractivity contribution in [1.29, 1.82) is 0 Å². The summed E-state index contributed by atoms with van der Waals surface area (Å²) in [7, 11) is 0. The van der Waals surface area contributed by atoms with Crippen LogP contribution in [0.3, 0.4) is 0 Å². The van der Waals surface area contributed by atoms with Crippen molar-refractivity contribution in [3.63, 3.8) is 0 Å². The van der Waals surface area contributed by atoms with Crippen LogP contribution in [0.5, 0.6) is 0 Å². The number of rotatable bonds is 4. The molecule has 2 N–H and O–H groups in total.